The molecule has 0 aliphatic rings. The number of aromatic nitrogens is 2. The molecule has 2 aromatic rings. The third-order valence-corrected chi connectivity index (χ3v) is 4.40. The van der Waals surface area contributed by atoms with Crippen LogP contribution in [0.3, 0.4) is 0 Å². The summed E-state index contributed by atoms with van der Waals surface area (Å²) in [5.74, 6) is 1.09. The first-order valence-corrected chi connectivity index (χ1v) is 9.70. The van der Waals surface area contributed by atoms with Crippen LogP contribution in [0.25, 0.3) is 0 Å². The standard InChI is InChI=1S/C18H24ClN3O3S/c1-11(2)14(20-16(23)25-18(3,4)5)15-21-22-17(24-15)26-10-12-7-6-8-13(19)9-12/h6-9,11,14H,10H2,1-5H3,(H,20,23)/t14-/m1/s1. The van der Waals surface area contributed by atoms with Crippen LogP contribution in [0.5, 0.6) is 0 Å². The Morgan fingerprint density at radius 2 is 2.08 bits per heavy atom. The SMILES string of the molecule is CC(C)[C@@H](NC(=O)OC(C)(C)C)c1nnc(SCc2cccc(Cl)c2)o1. The second kappa shape index (κ2) is 8.77. The lowest BCUT2D eigenvalue weighted by Crippen LogP contribution is -2.37. The van der Waals surface area contributed by atoms with Crippen LogP contribution in [0.4, 0.5) is 4.79 Å². The van der Waals surface area contributed by atoms with Gasteiger partial charge in [0, 0.05) is 10.8 Å². The highest BCUT2D eigenvalue weighted by Crippen LogP contribution is 2.27. The van der Waals surface area contributed by atoms with Crippen molar-refractivity contribution < 1.29 is 13.9 Å². The van der Waals surface area contributed by atoms with Crippen LogP contribution < -0.4 is 5.32 Å². The van der Waals surface area contributed by atoms with Crippen molar-refractivity contribution in [1.82, 2.24) is 15.5 Å². The number of nitrogens with one attached hydrogen (secondary N) is 1. The quantitative estimate of drug-likeness (QED) is 0.672. The number of benzene rings is 1. The van der Waals surface area contributed by atoms with Crippen molar-refractivity contribution in [3.8, 4) is 0 Å². The molecule has 1 atom stereocenters. The largest absolute Gasteiger partial charge is 0.444 e. The van der Waals surface area contributed by atoms with Crippen molar-refractivity contribution in [2.45, 2.75) is 57.2 Å². The monoisotopic (exact) mass is 397 g/mol. The second-order valence-electron chi connectivity index (χ2n) is 7.19. The van der Waals surface area contributed by atoms with Crippen LogP contribution in [0.15, 0.2) is 33.9 Å². The van der Waals surface area contributed by atoms with E-state index in [1.807, 2.05) is 58.9 Å². The normalized spacial score (nSPS) is 12.9. The molecule has 0 unspecified atom stereocenters. The van der Waals surface area contributed by atoms with Crippen LogP contribution in [0, 0.1) is 5.92 Å². The van der Waals surface area contributed by atoms with Crippen molar-refractivity contribution in [3.05, 3.63) is 40.7 Å². The third kappa shape index (κ3) is 6.53. The summed E-state index contributed by atoms with van der Waals surface area (Å²) in [5, 5.41) is 12.1. The maximum Gasteiger partial charge on any atom is 0.408 e. The van der Waals surface area contributed by atoms with Crippen molar-refractivity contribution in [2.24, 2.45) is 5.92 Å². The second-order valence-corrected chi connectivity index (χ2v) is 8.56. The molecular formula is C18H24ClN3O3S. The van der Waals surface area contributed by atoms with Gasteiger partial charge in [-0.05, 0) is 44.4 Å². The van der Waals surface area contributed by atoms with E-state index in [-0.39, 0.29) is 5.92 Å². The predicted molar refractivity (Wildman–Crippen MR) is 102 cm³/mol. The number of ether oxygens (including phenoxy) is 1. The van der Waals surface area contributed by atoms with Gasteiger partial charge in [0.25, 0.3) is 5.22 Å². The molecule has 1 aromatic carbocycles. The molecule has 8 heteroatoms. The van der Waals surface area contributed by atoms with Crippen molar-refractivity contribution >= 4 is 29.5 Å². The smallest absolute Gasteiger partial charge is 0.408 e. The van der Waals surface area contributed by atoms with Gasteiger partial charge in [0.1, 0.15) is 11.6 Å². The topological polar surface area (TPSA) is 77.2 Å². The number of halogens is 1. The first-order chi connectivity index (χ1) is 12.1. The molecule has 0 aliphatic carbocycles. The molecular weight excluding hydrogens is 374 g/mol. The lowest BCUT2D eigenvalue weighted by atomic mass is 10.1. The first kappa shape index (κ1) is 20.6. The highest BCUT2D eigenvalue weighted by atomic mass is 35.5. The Hall–Kier alpha value is -1.73. The van der Waals surface area contributed by atoms with Crippen LogP contribution >= 0.6 is 23.4 Å². The average Bonchev–Trinajstić information content (AvgIpc) is 2.97. The molecule has 0 fully saturated rings. The van der Waals surface area contributed by atoms with Gasteiger partial charge in [0.05, 0.1) is 0 Å². The Morgan fingerprint density at radius 3 is 2.69 bits per heavy atom. The maximum absolute atomic E-state index is 12.1. The van der Waals surface area contributed by atoms with E-state index in [0.717, 1.165) is 5.56 Å². The number of alkyl carbamates (subject to hydrolysis) is 1. The Morgan fingerprint density at radius 1 is 1.35 bits per heavy atom. The zero-order valence-electron chi connectivity index (χ0n) is 15.6. The molecule has 0 saturated heterocycles. The Balaban J connectivity index is 2.01. The van der Waals surface area contributed by atoms with Crippen LogP contribution in [0.2, 0.25) is 5.02 Å². The molecule has 0 radical (unpaired) electrons. The molecule has 1 N–H and O–H groups in total. The van der Waals surface area contributed by atoms with Crippen LogP contribution in [-0.4, -0.2) is 21.9 Å². The fraction of sp³-hybridized carbons (Fsp3) is 0.500. The van der Waals surface area contributed by atoms with E-state index in [0.29, 0.717) is 21.9 Å². The van der Waals surface area contributed by atoms with E-state index in [2.05, 4.69) is 15.5 Å². The molecule has 142 valence electrons. The Kier molecular flexibility index (Phi) is 6.94. The lowest BCUT2D eigenvalue weighted by molar-refractivity contribution is 0.0477. The minimum atomic E-state index is -0.571. The van der Waals surface area contributed by atoms with Gasteiger partial charge in [-0.1, -0.05) is 49.3 Å². The molecule has 0 saturated carbocycles. The van der Waals surface area contributed by atoms with E-state index in [9.17, 15) is 4.79 Å². The average molecular weight is 398 g/mol. The van der Waals surface area contributed by atoms with Gasteiger partial charge in [0.2, 0.25) is 5.89 Å². The molecule has 1 aromatic heterocycles. The molecule has 6 nitrogen and oxygen atoms in total. The van der Waals surface area contributed by atoms with Gasteiger partial charge in [-0.25, -0.2) is 4.79 Å². The van der Waals surface area contributed by atoms with E-state index in [1.165, 1.54) is 11.8 Å². The number of rotatable bonds is 6. The summed E-state index contributed by atoms with van der Waals surface area (Å²) in [6.07, 6.45) is -0.512. The lowest BCUT2D eigenvalue weighted by Gasteiger charge is -2.23. The molecule has 2 rings (SSSR count). The van der Waals surface area contributed by atoms with Crippen LogP contribution in [-0.2, 0) is 10.5 Å². The van der Waals surface area contributed by atoms with E-state index >= 15 is 0 Å². The van der Waals surface area contributed by atoms with Crippen molar-refractivity contribution in [2.75, 3.05) is 0 Å². The van der Waals surface area contributed by atoms with E-state index < -0.39 is 17.7 Å². The van der Waals surface area contributed by atoms with Crippen molar-refractivity contribution in [3.63, 3.8) is 0 Å². The molecule has 0 aliphatic heterocycles. The molecule has 1 heterocycles. The number of carbonyl (C=O) groups is 1. The molecule has 0 spiro atoms. The highest BCUT2D eigenvalue weighted by Gasteiger charge is 2.27. The fourth-order valence-electron chi connectivity index (χ4n) is 2.12. The fourth-order valence-corrected chi connectivity index (χ4v) is 3.05. The summed E-state index contributed by atoms with van der Waals surface area (Å²) in [6, 6.07) is 7.19. The van der Waals surface area contributed by atoms with Crippen molar-refractivity contribution in [1.29, 1.82) is 0 Å². The summed E-state index contributed by atoms with van der Waals surface area (Å²) in [4.78, 5) is 12.1. The van der Waals surface area contributed by atoms with Gasteiger partial charge in [-0.3, -0.25) is 0 Å². The van der Waals surface area contributed by atoms with E-state index in [4.69, 9.17) is 20.8 Å². The maximum atomic E-state index is 12.1. The number of hydrogen-bond donors (Lipinski definition) is 1. The van der Waals surface area contributed by atoms with Gasteiger partial charge in [0.15, 0.2) is 0 Å². The number of nitrogens with zero attached hydrogens (tertiary/aromatic N) is 2. The predicted octanol–water partition coefficient (Wildman–Crippen LogP) is 5.24. The minimum Gasteiger partial charge on any atom is -0.444 e. The van der Waals surface area contributed by atoms with Gasteiger partial charge < -0.3 is 14.5 Å². The van der Waals surface area contributed by atoms with Crippen LogP contribution in [0.1, 0.15) is 52.1 Å². The molecule has 26 heavy (non-hydrogen) atoms. The zero-order valence-corrected chi connectivity index (χ0v) is 17.1. The number of thioether (sulfide) groups is 1. The van der Waals surface area contributed by atoms with Gasteiger partial charge in [-0.15, -0.1) is 10.2 Å². The zero-order chi connectivity index (χ0) is 19.3. The van der Waals surface area contributed by atoms with Gasteiger partial charge in [-0.2, -0.15) is 0 Å². The highest BCUT2D eigenvalue weighted by molar-refractivity contribution is 7.98. The van der Waals surface area contributed by atoms with E-state index in [1.54, 1.807) is 0 Å². The summed E-state index contributed by atoms with van der Waals surface area (Å²) < 4.78 is 11.0. The Labute approximate surface area is 163 Å². The minimum absolute atomic E-state index is 0.0637. The summed E-state index contributed by atoms with van der Waals surface area (Å²) in [5.41, 5.74) is 0.493. The molecule has 0 bridgehead atoms. The summed E-state index contributed by atoms with van der Waals surface area (Å²) in [6.45, 7) is 9.37. The first-order valence-electron chi connectivity index (χ1n) is 8.34. The number of carbonyl (C=O) groups excluding carboxylic acids is 1. The van der Waals surface area contributed by atoms with Gasteiger partial charge >= 0.3 is 6.09 Å². The number of hydrogen-bond acceptors (Lipinski definition) is 6. The molecule has 1 amide bonds. The third-order valence-electron chi connectivity index (χ3n) is 3.28. The Bertz CT molecular complexity index is 743. The summed E-state index contributed by atoms with van der Waals surface area (Å²) >= 11 is 7.41. The number of amides is 1. The summed E-state index contributed by atoms with van der Waals surface area (Å²) in [7, 11) is 0.